The van der Waals surface area contributed by atoms with Crippen molar-refractivity contribution < 1.29 is 9.53 Å². The van der Waals surface area contributed by atoms with E-state index in [1.54, 1.807) is 7.11 Å². The van der Waals surface area contributed by atoms with Crippen molar-refractivity contribution in [1.82, 2.24) is 9.80 Å². The molecule has 1 amide bonds. The first-order valence-electron chi connectivity index (χ1n) is 8.34. The van der Waals surface area contributed by atoms with E-state index < -0.39 is 5.41 Å². The number of amides is 1. The maximum Gasteiger partial charge on any atom is 0.228 e. The number of likely N-dealkylation sites (tertiary alicyclic amines) is 1. The SMILES string of the molecule is COc1ccccc1CC(C)(C)C(=O)N1C[C@@H](C)[C@@H](N(C)C)C1. The number of hydrogen-bond donors (Lipinski definition) is 0. The molecule has 0 bridgehead atoms. The third kappa shape index (κ3) is 3.86. The summed E-state index contributed by atoms with van der Waals surface area (Å²) in [5, 5.41) is 0. The number of nitrogens with zero attached hydrogens (tertiary/aromatic N) is 2. The minimum Gasteiger partial charge on any atom is -0.496 e. The molecular weight excluding hydrogens is 288 g/mol. The number of ether oxygens (including phenoxy) is 1. The fraction of sp³-hybridized carbons (Fsp3) is 0.632. The van der Waals surface area contributed by atoms with Crippen molar-refractivity contribution in [1.29, 1.82) is 0 Å². The van der Waals surface area contributed by atoms with Crippen LogP contribution in [-0.4, -0.2) is 56.0 Å². The monoisotopic (exact) mass is 318 g/mol. The quantitative estimate of drug-likeness (QED) is 0.837. The number of hydrogen-bond acceptors (Lipinski definition) is 3. The molecule has 1 aromatic carbocycles. The molecule has 0 saturated carbocycles. The first-order chi connectivity index (χ1) is 10.8. The first-order valence-corrected chi connectivity index (χ1v) is 8.34. The second kappa shape index (κ2) is 6.91. The second-order valence-corrected chi connectivity index (χ2v) is 7.59. The number of carbonyl (C=O) groups excluding carboxylic acids is 1. The van der Waals surface area contributed by atoms with Crippen LogP contribution in [0.15, 0.2) is 24.3 Å². The van der Waals surface area contributed by atoms with Crippen LogP contribution >= 0.6 is 0 Å². The summed E-state index contributed by atoms with van der Waals surface area (Å²) >= 11 is 0. The van der Waals surface area contributed by atoms with Crippen molar-refractivity contribution >= 4 is 5.91 Å². The Morgan fingerprint density at radius 2 is 1.96 bits per heavy atom. The predicted molar refractivity (Wildman–Crippen MR) is 93.7 cm³/mol. The summed E-state index contributed by atoms with van der Waals surface area (Å²) in [5.74, 6) is 1.60. The van der Waals surface area contributed by atoms with Crippen molar-refractivity contribution in [3.05, 3.63) is 29.8 Å². The molecule has 0 aromatic heterocycles. The van der Waals surface area contributed by atoms with E-state index >= 15 is 0 Å². The maximum atomic E-state index is 13.1. The molecule has 0 radical (unpaired) electrons. The van der Waals surface area contributed by atoms with Crippen LogP contribution in [0.4, 0.5) is 0 Å². The van der Waals surface area contributed by atoms with Crippen LogP contribution < -0.4 is 4.74 Å². The lowest BCUT2D eigenvalue weighted by molar-refractivity contribution is -0.139. The van der Waals surface area contributed by atoms with Crippen LogP contribution in [-0.2, 0) is 11.2 Å². The highest BCUT2D eigenvalue weighted by Gasteiger charge is 2.39. The Labute approximate surface area is 140 Å². The van der Waals surface area contributed by atoms with Gasteiger partial charge in [-0.15, -0.1) is 0 Å². The molecule has 4 heteroatoms. The van der Waals surface area contributed by atoms with E-state index in [2.05, 4.69) is 25.9 Å². The largest absolute Gasteiger partial charge is 0.496 e. The van der Waals surface area contributed by atoms with Gasteiger partial charge in [-0.2, -0.15) is 0 Å². The van der Waals surface area contributed by atoms with Crippen LogP contribution in [0.2, 0.25) is 0 Å². The molecule has 0 unspecified atom stereocenters. The Bertz CT molecular complexity index is 554. The highest BCUT2D eigenvalue weighted by molar-refractivity contribution is 5.82. The topological polar surface area (TPSA) is 32.8 Å². The van der Waals surface area contributed by atoms with Crippen molar-refractivity contribution in [2.24, 2.45) is 11.3 Å². The standard InChI is InChI=1S/C19H30N2O2/c1-14-12-21(13-16(14)20(4)5)18(22)19(2,3)11-15-9-7-8-10-17(15)23-6/h7-10,14,16H,11-13H2,1-6H3/t14-,16+/m1/s1. The minimum atomic E-state index is -0.435. The van der Waals surface area contributed by atoms with Crippen molar-refractivity contribution in [2.75, 3.05) is 34.3 Å². The van der Waals surface area contributed by atoms with Crippen LogP contribution in [0, 0.1) is 11.3 Å². The number of carbonyl (C=O) groups is 1. The highest BCUT2D eigenvalue weighted by Crippen LogP contribution is 2.32. The Hall–Kier alpha value is -1.55. The summed E-state index contributed by atoms with van der Waals surface area (Å²) in [4.78, 5) is 17.3. The van der Waals surface area contributed by atoms with Gasteiger partial charge in [0.05, 0.1) is 7.11 Å². The van der Waals surface area contributed by atoms with Crippen molar-refractivity contribution in [3.63, 3.8) is 0 Å². The number of methoxy groups -OCH3 is 1. The maximum absolute atomic E-state index is 13.1. The smallest absolute Gasteiger partial charge is 0.228 e. The minimum absolute atomic E-state index is 0.236. The lowest BCUT2D eigenvalue weighted by atomic mass is 9.84. The van der Waals surface area contributed by atoms with Gasteiger partial charge < -0.3 is 14.5 Å². The molecule has 2 rings (SSSR count). The average Bonchev–Trinajstić information content (AvgIpc) is 2.88. The van der Waals surface area contributed by atoms with Gasteiger partial charge >= 0.3 is 0 Å². The van der Waals surface area contributed by atoms with Crippen molar-refractivity contribution in [3.8, 4) is 5.75 Å². The molecule has 1 aromatic rings. The normalized spacial score (nSPS) is 21.8. The number of likely N-dealkylation sites (N-methyl/N-ethyl adjacent to an activating group) is 1. The summed E-state index contributed by atoms with van der Waals surface area (Å²) in [7, 11) is 5.86. The Morgan fingerprint density at radius 1 is 1.30 bits per heavy atom. The summed E-state index contributed by atoms with van der Waals surface area (Å²) in [6, 6.07) is 8.40. The second-order valence-electron chi connectivity index (χ2n) is 7.59. The van der Waals surface area contributed by atoms with Gasteiger partial charge in [-0.25, -0.2) is 0 Å². The van der Waals surface area contributed by atoms with Gasteiger partial charge in [-0.05, 0) is 38.1 Å². The third-order valence-corrected chi connectivity index (χ3v) is 4.93. The molecule has 0 N–H and O–H groups in total. The zero-order valence-corrected chi connectivity index (χ0v) is 15.3. The average molecular weight is 318 g/mol. The fourth-order valence-electron chi connectivity index (χ4n) is 3.62. The summed E-state index contributed by atoms with van der Waals surface area (Å²) in [6.07, 6.45) is 0.688. The first kappa shape index (κ1) is 17.8. The molecular formula is C19H30N2O2. The van der Waals surface area contributed by atoms with Crippen LogP contribution in [0.3, 0.4) is 0 Å². The van der Waals surface area contributed by atoms with Crippen LogP contribution in [0.5, 0.6) is 5.75 Å². The highest BCUT2D eigenvalue weighted by atomic mass is 16.5. The Morgan fingerprint density at radius 3 is 2.52 bits per heavy atom. The zero-order valence-electron chi connectivity index (χ0n) is 15.3. The molecule has 128 valence electrons. The van der Waals surface area contributed by atoms with Gasteiger partial charge in [0.15, 0.2) is 0 Å². The van der Waals surface area contributed by atoms with E-state index in [-0.39, 0.29) is 5.91 Å². The summed E-state index contributed by atoms with van der Waals surface area (Å²) in [6.45, 7) is 7.97. The lowest BCUT2D eigenvalue weighted by Crippen LogP contribution is -2.42. The molecule has 0 spiro atoms. The van der Waals surface area contributed by atoms with E-state index in [0.29, 0.717) is 18.4 Å². The molecule has 2 atom stereocenters. The van der Waals surface area contributed by atoms with E-state index in [0.717, 1.165) is 24.4 Å². The van der Waals surface area contributed by atoms with Gasteiger partial charge in [0.25, 0.3) is 0 Å². The third-order valence-electron chi connectivity index (χ3n) is 4.93. The van der Waals surface area contributed by atoms with E-state index in [1.807, 2.05) is 43.0 Å². The van der Waals surface area contributed by atoms with Crippen molar-refractivity contribution in [2.45, 2.75) is 33.2 Å². The van der Waals surface area contributed by atoms with Gasteiger partial charge in [-0.1, -0.05) is 39.0 Å². The Balaban J connectivity index is 2.12. The molecule has 1 aliphatic rings. The molecule has 1 fully saturated rings. The van der Waals surface area contributed by atoms with E-state index in [1.165, 1.54) is 0 Å². The number of rotatable bonds is 5. The predicted octanol–water partition coefficient (Wildman–Crippen LogP) is 2.67. The molecule has 1 saturated heterocycles. The van der Waals surface area contributed by atoms with E-state index in [9.17, 15) is 4.79 Å². The molecule has 1 aliphatic heterocycles. The molecule has 23 heavy (non-hydrogen) atoms. The molecule has 1 heterocycles. The van der Waals surface area contributed by atoms with Crippen LogP contribution in [0.1, 0.15) is 26.3 Å². The van der Waals surface area contributed by atoms with Crippen LogP contribution in [0.25, 0.3) is 0 Å². The summed E-state index contributed by atoms with van der Waals surface area (Å²) in [5.41, 5.74) is 0.653. The van der Waals surface area contributed by atoms with Gasteiger partial charge in [-0.3, -0.25) is 4.79 Å². The number of benzene rings is 1. The molecule has 4 nitrogen and oxygen atoms in total. The Kier molecular flexibility index (Phi) is 5.35. The fourth-order valence-corrected chi connectivity index (χ4v) is 3.62. The van der Waals surface area contributed by atoms with Gasteiger partial charge in [0.2, 0.25) is 5.91 Å². The van der Waals surface area contributed by atoms with Gasteiger partial charge in [0.1, 0.15) is 5.75 Å². The number of para-hydroxylation sites is 1. The molecule has 0 aliphatic carbocycles. The lowest BCUT2D eigenvalue weighted by Gasteiger charge is -2.30. The van der Waals surface area contributed by atoms with E-state index in [4.69, 9.17) is 4.74 Å². The zero-order chi connectivity index (χ0) is 17.2. The van der Waals surface area contributed by atoms with Gasteiger partial charge in [0, 0.05) is 24.5 Å². The summed E-state index contributed by atoms with van der Waals surface area (Å²) < 4.78 is 5.43.